The summed E-state index contributed by atoms with van der Waals surface area (Å²) in [6, 6.07) is 0. The Morgan fingerprint density at radius 2 is 2.00 bits per heavy atom. The minimum absolute atomic E-state index is 0.246. The lowest BCUT2D eigenvalue weighted by atomic mass is 9.95. The molecule has 2 heterocycles. The van der Waals surface area contributed by atoms with Gasteiger partial charge >= 0.3 is 0 Å². The van der Waals surface area contributed by atoms with Gasteiger partial charge in [-0.3, -0.25) is 0 Å². The molecule has 0 aromatic carbocycles. The molecule has 5 heteroatoms. The molecule has 2 aliphatic rings. The summed E-state index contributed by atoms with van der Waals surface area (Å²) in [6.07, 6.45) is -1.56. The molecule has 0 saturated carbocycles. The molecule has 2 rings (SSSR count). The monoisotopic (exact) mass is 218 g/mol. The Morgan fingerprint density at radius 3 is 2.60 bits per heavy atom. The predicted octanol–water partition coefficient (Wildman–Crippen LogP) is -0.00380. The van der Waals surface area contributed by atoms with Crippen molar-refractivity contribution < 1.29 is 24.4 Å². The number of ether oxygens (including phenoxy) is 3. The molecular weight excluding hydrogens is 200 g/mol. The molecule has 2 saturated heterocycles. The van der Waals surface area contributed by atoms with Crippen LogP contribution in [0.1, 0.15) is 27.2 Å². The maximum absolute atomic E-state index is 9.96. The lowest BCUT2D eigenvalue weighted by Gasteiger charge is -2.40. The maximum atomic E-state index is 9.96. The van der Waals surface area contributed by atoms with Crippen LogP contribution in [0.5, 0.6) is 0 Å². The summed E-state index contributed by atoms with van der Waals surface area (Å²) in [5.41, 5.74) is 0. The van der Waals surface area contributed by atoms with Gasteiger partial charge in [-0.05, 0) is 13.8 Å². The lowest BCUT2D eigenvalue weighted by Crippen LogP contribution is -2.59. The normalized spacial score (nSPS) is 49.0. The summed E-state index contributed by atoms with van der Waals surface area (Å²) < 4.78 is 16.3. The number of aliphatic hydroxyl groups excluding tert-OH is 1. The Hall–Kier alpha value is -0.200. The molecule has 15 heavy (non-hydrogen) atoms. The summed E-state index contributed by atoms with van der Waals surface area (Å²) in [6.45, 7) is 5.56. The van der Waals surface area contributed by atoms with Gasteiger partial charge in [0, 0.05) is 6.42 Å². The van der Waals surface area contributed by atoms with Crippen LogP contribution in [0, 0.1) is 0 Å². The third-order valence-corrected chi connectivity index (χ3v) is 3.00. The quantitative estimate of drug-likeness (QED) is 0.648. The van der Waals surface area contributed by atoms with Crippen molar-refractivity contribution in [1.29, 1.82) is 0 Å². The van der Waals surface area contributed by atoms with E-state index in [1.54, 1.807) is 20.8 Å². The van der Waals surface area contributed by atoms with E-state index < -0.39 is 23.8 Å². The standard InChI is InChI=1S/C10H18O5/c1-4-10(12)8(11)7-6(5-13-10)14-9(2,3)15-7/h6-8,11-12H,4-5H2,1-3H3/t6-,7?,8+,10-/m1/s1. The van der Waals surface area contributed by atoms with Gasteiger partial charge in [-0.1, -0.05) is 6.92 Å². The van der Waals surface area contributed by atoms with Crippen LogP contribution in [0.3, 0.4) is 0 Å². The van der Waals surface area contributed by atoms with E-state index >= 15 is 0 Å². The van der Waals surface area contributed by atoms with Crippen molar-refractivity contribution >= 4 is 0 Å². The van der Waals surface area contributed by atoms with E-state index in [-0.39, 0.29) is 12.7 Å². The molecule has 0 aromatic heterocycles. The minimum atomic E-state index is -1.51. The van der Waals surface area contributed by atoms with Gasteiger partial charge in [0.2, 0.25) is 0 Å². The van der Waals surface area contributed by atoms with Gasteiger partial charge in [0.15, 0.2) is 11.6 Å². The molecule has 88 valence electrons. The molecule has 5 nitrogen and oxygen atoms in total. The largest absolute Gasteiger partial charge is 0.385 e. The highest BCUT2D eigenvalue weighted by molar-refractivity contribution is 4.96. The van der Waals surface area contributed by atoms with Gasteiger partial charge in [0.1, 0.15) is 18.3 Å². The molecule has 0 aromatic rings. The Balaban J connectivity index is 2.16. The summed E-state index contributed by atoms with van der Waals surface area (Å²) in [4.78, 5) is 0. The van der Waals surface area contributed by atoms with Crippen LogP contribution in [0.4, 0.5) is 0 Å². The first kappa shape index (κ1) is 11.3. The maximum Gasteiger partial charge on any atom is 0.194 e. The van der Waals surface area contributed by atoms with E-state index in [0.29, 0.717) is 6.42 Å². The first-order chi connectivity index (χ1) is 6.88. The number of hydrogen-bond donors (Lipinski definition) is 2. The molecule has 2 N–H and O–H groups in total. The summed E-state index contributed by atoms with van der Waals surface area (Å²) in [5.74, 6) is -2.23. The van der Waals surface area contributed by atoms with E-state index in [2.05, 4.69) is 0 Å². The van der Waals surface area contributed by atoms with Crippen LogP contribution in [-0.2, 0) is 14.2 Å². The molecule has 0 amide bonds. The highest BCUT2D eigenvalue weighted by Gasteiger charge is 2.55. The zero-order valence-electron chi connectivity index (χ0n) is 9.27. The van der Waals surface area contributed by atoms with Crippen molar-refractivity contribution in [2.75, 3.05) is 6.61 Å². The van der Waals surface area contributed by atoms with Crippen molar-refractivity contribution in [3.8, 4) is 0 Å². The van der Waals surface area contributed by atoms with Crippen molar-refractivity contribution in [2.24, 2.45) is 0 Å². The number of hydrogen-bond acceptors (Lipinski definition) is 5. The molecule has 0 bridgehead atoms. The molecule has 1 unspecified atom stereocenters. The van der Waals surface area contributed by atoms with E-state index in [0.717, 1.165) is 0 Å². The average Bonchev–Trinajstić information content (AvgIpc) is 2.48. The van der Waals surface area contributed by atoms with E-state index in [1.807, 2.05) is 0 Å². The third-order valence-electron chi connectivity index (χ3n) is 3.00. The zero-order valence-corrected chi connectivity index (χ0v) is 9.27. The second-order valence-corrected chi connectivity index (χ2v) is 4.59. The summed E-state index contributed by atoms with van der Waals surface area (Å²) >= 11 is 0. The van der Waals surface area contributed by atoms with Gasteiger partial charge in [0.05, 0.1) is 6.61 Å². The van der Waals surface area contributed by atoms with E-state index in [9.17, 15) is 10.2 Å². The van der Waals surface area contributed by atoms with Crippen molar-refractivity contribution in [3.63, 3.8) is 0 Å². The van der Waals surface area contributed by atoms with Crippen LogP contribution in [-0.4, -0.2) is 46.7 Å². The fraction of sp³-hybridized carbons (Fsp3) is 1.00. The smallest absolute Gasteiger partial charge is 0.194 e. The van der Waals surface area contributed by atoms with E-state index in [1.165, 1.54) is 0 Å². The number of rotatable bonds is 1. The fourth-order valence-corrected chi connectivity index (χ4v) is 2.14. The molecule has 2 fully saturated rings. The zero-order chi connectivity index (χ0) is 11.3. The molecular formula is C10H18O5. The molecule has 0 spiro atoms. The summed E-state index contributed by atoms with van der Waals surface area (Å²) in [5, 5.41) is 19.9. The molecule has 0 radical (unpaired) electrons. The van der Waals surface area contributed by atoms with Crippen LogP contribution >= 0.6 is 0 Å². The fourth-order valence-electron chi connectivity index (χ4n) is 2.14. The Labute approximate surface area is 88.9 Å². The van der Waals surface area contributed by atoms with Crippen molar-refractivity contribution in [3.05, 3.63) is 0 Å². The SMILES string of the molecule is CC[C@@]1(O)OC[C@H]2OC(C)(C)OC2[C@@H]1O. The number of aliphatic hydroxyl groups is 2. The first-order valence-electron chi connectivity index (χ1n) is 5.28. The van der Waals surface area contributed by atoms with Gasteiger partial charge in [0.25, 0.3) is 0 Å². The third kappa shape index (κ3) is 1.79. The van der Waals surface area contributed by atoms with Crippen LogP contribution in [0.15, 0.2) is 0 Å². The topological polar surface area (TPSA) is 68.2 Å². The lowest BCUT2D eigenvalue weighted by molar-refractivity contribution is -0.307. The van der Waals surface area contributed by atoms with Gasteiger partial charge in [-0.25, -0.2) is 0 Å². The van der Waals surface area contributed by atoms with Gasteiger partial charge in [-0.15, -0.1) is 0 Å². The molecule has 4 atom stereocenters. The minimum Gasteiger partial charge on any atom is -0.385 e. The second kappa shape index (κ2) is 3.40. The second-order valence-electron chi connectivity index (χ2n) is 4.59. The van der Waals surface area contributed by atoms with Crippen molar-refractivity contribution in [1.82, 2.24) is 0 Å². The van der Waals surface area contributed by atoms with Crippen LogP contribution in [0.25, 0.3) is 0 Å². The predicted molar refractivity (Wildman–Crippen MR) is 51.0 cm³/mol. The van der Waals surface area contributed by atoms with Crippen LogP contribution < -0.4 is 0 Å². The average molecular weight is 218 g/mol. The highest BCUT2D eigenvalue weighted by atomic mass is 16.8. The molecule has 0 aliphatic carbocycles. The summed E-state index contributed by atoms with van der Waals surface area (Å²) in [7, 11) is 0. The molecule has 2 aliphatic heterocycles. The Bertz CT molecular complexity index is 254. The van der Waals surface area contributed by atoms with Crippen LogP contribution in [0.2, 0.25) is 0 Å². The highest BCUT2D eigenvalue weighted by Crippen LogP contribution is 2.38. The number of fused-ring (bicyclic) bond motifs is 1. The van der Waals surface area contributed by atoms with Gasteiger partial charge in [-0.2, -0.15) is 0 Å². The van der Waals surface area contributed by atoms with Crippen molar-refractivity contribution in [2.45, 2.75) is 57.1 Å². The first-order valence-corrected chi connectivity index (χ1v) is 5.28. The van der Waals surface area contributed by atoms with E-state index in [4.69, 9.17) is 14.2 Å². The Morgan fingerprint density at radius 1 is 1.33 bits per heavy atom. The Kier molecular flexibility index (Phi) is 2.56. The van der Waals surface area contributed by atoms with Gasteiger partial charge < -0.3 is 24.4 Å².